The van der Waals surface area contributed by atoms with Crippen LogP contribution in [-0.4, -0.2) is 270 Å². The Morgan fingerprint density at radius 1 is 0.625 bits per heavy atom. The Bertz CT molecular complexity index is 3070. The first-order valence-electron chi connectivity index (χ1n) is 38.3. The number of aliphatic imine (C=N–C) groups is 3. The summed E-state index contributed by atoms with van der Waals surface area (Å²) >= 11 is 0. The van der Waals surface area contributed by atoms with E-state index in [1.807, 2.05) is 0 Å². The van der Waals surface area contributed by atoms with Crippen molar-refractivity contribution < 1.29 is 94.2 Å². The molecule has 0 bridgehead atoms. The summed E-state index contributed by atoms with van der Waals surface area (Å²) in [7, 11) is 0. The molecule has 1 aromatic carbocycles. The second-order valence-corrected chi connectivity index (χ2v) is 28.1. The Morgan fingerprint density at radius 3 is 1.68 bits per heavy atom. The molecule has 1 aromatic rings. The Kier molecular flexibility index (Phi) is 54.1. The van der Waals surface area contributed by atoms with Crippen molar-refractivity contribution in [1.82, 2.24) is 52.3 Å². The standard InChI is InChI=1S/C52H88N10O15.C16H34N10.2C2H4O2.ClH/c1-5-28(2)24-29(3)12-10-8-6-7-9-11-13-39(69)56-34-26-38(68)46(55-22-21-54)60-50(75)43-37(67)19-23-61(43)52(77)41(36(66)18-20-53)58-49(74)42(45(71)44(70)31-14-16-32(64)17-15-31)59-48(73)35-25-33(65)27-62(35)51(76)40(30(4)63)57-47(34)72;17-9-5-1-2-6-11-23-15(20)26-16(21)24-12-8-4-3-7-10-22-14(19)25-13-18;2*1-2(3)4;/h14-17,28-30,33-38,40-46,55,63-68,70-71H,5-13,18-27,53-54H2,1-4H3,(H,56,69)(H,57,72)(H,58,74)(H,59,73)(H,60,75);1-12,17H2,(H3,19,22,25)(H5,20,21,23,24,26);2*1H3,(H,3,4);1H/t28?,29?,30-,33-,34+,35+,36-,37+,38-,40+,41+,42+,43+,44+,45+,46+;;;;/m1..../s1. The highest BCUT2D eigenvalue weighted by atomic mass is 35.5. The Balaban J connectivity index is 0.00000292. The average molecular weight is 1620 g/mol. The van der Waals surface area contributed by atoms with Gasteiger partial charge in [-0.15, -0.1) is 12.4 Å². The lowest BCUT2D eigenvalue weighted by atomic mass is 9.91. The number of aliphatic hydroxyl groups is 7. The molecule has 30 N–H and O–H groups in total. The summed E-state index contributed by atoms with van der Waals surface area (Å²) < 4.78 is 0. The van der Waals surface area contributed by atoms with Gasteiger partial charge in [-0.05, 0) is 101 Å². The number of nitriles is 1. The second kappa shape index (κ2) is 58.5. The van der Waals surface area contributed by atoms with E-state index in [0.717, 1.165) is 127 Å². The maximum atomic E-state index is 14.6. The molecule has 640 valence electrons. The number of amides is 7. The number of halogens is 1. The largest absolute Gasteiger partial charge is 0.508 e. The molecule has 16 atom stereocenters. The number of carboxylic acid groups (broad SMARTS) is 2. The van der Waals surface area contributed by atoms with Crippen LogP contribution >= 0.6 is 12.4 Å². The molecule has 3 aliphatic rings. The summed E-state index contributed by atoms with van der Waals surface area (Å²) in [5, 5.41) is 133. The maximum Gasteiger partial charge on any atom is 0.300 e. The van der Waals surface area contributed by atoms with Crippen molar-refractivity contribution in [3.05, 3.63) is 29.8 Å². The van der Waals surface area contributed by atoms with E-state index in [4.69, 9.17) is 59.5 Å². The number of carboxylic acids is 2. The van der Waals surface area contributed by atoms with Gasteiger partial charge in [0.25, 0.3) is 11.9 Å². The Morgan fingerprint density at radius 2 is 1.14 bits per heavy atom. The first-order chi connectivity index (χ1) is 52.6. The van der Waals surface area contributed by atoms with E-state index < -0.39 is 158 Å². The second-order valence-electron chi connectivity index (χ2n) is 28.1. The van der Waals surface area contributed by atoms with Crippen molar-refractivity contribution in [3.8, 4) is 11.9 Å². The first-order valence-corrected chi connectivity index (χ1v) is 38.3. The Hall–Kier alpha value is -8.40. The van der Waals surface area contributed by atoms with Crippen LogP contribution < -0.4 is 76.9 Å². The van der Waals surface area contributed by atoms with E-state index in [-0.39, 0.29) is 81.1 Å². The number of nitrogens with zero attached hydrogens (tertiary/aromatic N) is 6. The molecule has 3 saturated heterocycles. The van der Waals surface area contributed by atoms with Gasteiger partial charge >= 0.3 is 0 Å². The molecule has 4 rings (SSSR count). The first kappa shape index (κ1) is 104. The molecule has 7 amide bonds. The van der Waals surface area contributed by atoms with Crippen LogP contribution in [0.4, 0.5) is 0 Å². The molecule has 0 aromatic heterocycles. The number of benzene rings is 1. The summed E-state index contributed by atoms with van der Waals surface area (Å²) in [6, 6.07) is -6.40. The molecule has 112 heavy (non-hydrogen) atoms. The number of aliphatic carboxylic acids is 2. The number of guanidine groups is 3. The number of aliphatic hydroxyl groups excluding tert-OH is 7. The fourth-order valence-electron chi connectivity index (χ4n) is 12.3. The topological polar surface area (TPSA) is 676 Å². The number of nitrogens with two attached hydrogens (primary N) is 6. The minimum Gasteiger partial charge on any atom is -0.508 e. The third kappa shape index (κ3) is 41.9. The lowest BCUT2D eigenvalue weighted by molar-refractivity contribution is -0.148. The molecule has 39 nitrogen and oxygen atoms in total. The average Bonchev–Trinajstić information content (AvgIpc) is 1.61. The fraction of sp³-hybridized carbons (Fsp3) is 0.736. The van der Waals surface area contributed by atoms with Crippen molar-refractivity contribution in [1.29, 1.82) is 5.26 Å². The maximum absolute atomic E-state index is 14.6. The van der Waals surface area contributed by atoms with Crippen molar-refractivity contribution >= 4 is 83.6 Å². The normalized spacial score (nSPS) is 23.1. The zero-order valence-electron chi connectivity index (χ0n) is 65.7. The van der Waals surface area contributed by atoms with Gasteiger partial charge in [-0.25, -0.2) is 0 Å². The van der Waals surface area contributed by atoms with Crippen molar-refractivity contribution in [2.45, 2.75) is 268 Å². The highest BCUT2D eigenvalue weighted by Crippen LogP contribution is 2.27. The summed E-state index contributed by atoms with van der Waals surface area (Å²) in [5.74, 6) is -7.36. The molecule has 3 heterocycles. The molecule has 3 fully saturated rings. The van der Waals surface area contributed by atoms with Crippen LogP contribution in [0.1, 0.15) is 194 Å². The third-order valence-electron chi connectivity index (χ3n) is 18.4. The number of carbonyl (C=O) groups is 9. The molecule has 3 aliphatic heterocycles. The van der Waals surface area contributed by atoms with Gasteiger partial charge in [-0.2, -0.15) is 5.26 Å². The van der Waals surface area contributed by atoms with Crippen LogP contribution in [0.15, 0.2) is 39.2 Å². The lowest BCUT2D eigenvalue weighted by Crippen LogP contribution is -2.65. The molecular formula is C72H131ClN20O19. The number of fused-ring (bicyclic) bond motifs is 2. The van der Waals surface area contributed by atoms with Gasteiger partial charge in [0.15, 0.2) is 18.1 Å². The van der Waals surface area contributed by atoms with Gasteiger partial charge < -0.3 is 122 Å². The predicted octanol–water partition coefficient (Wildman–Crippen LogP) is -3.04. The van der Waals surface area contributed by atoms with E-state index in [0.29, 0.717) is 50.3 Å². The SMILES string of the molecule is CC(=O)O.CC(=O)O.CCC(C)CC(C)CCCCCCCCC(=O)N[C@H]1C[C@@H](O)[C@@H](NCCN)NC(=O)[C@@H]2[C@@H](O)CCN2C(=O)[C@H]([C@H](O)CCN)NC(=O)[C@H]([C@H](O)[C@@H](O)c2ccc(O)cc2)NC(=O)[C@@H]2C[C@@H](O)CN2C(=O)[C@H]([C@@H](C)O)NC1=O.Cl.N#CNC(N)=NCCCCCCN=C(N)NC(N)=NCCCCCCN. The zero-order valence-corrected chi connectivity index (χ0v) is 66.5. The van der Waals surface area contributed by atoms with Gasteiger partial charge in [0.2, 0.25) is 47.3 Å². The van der Waals surface area contributed by atoms with Gasteiger partial charge in [0, 0.05) is 78.9 Å². The molecule has 0 spiro atoms. The number of phenolic OH excluding ortho intramolecular Hbond substituents is 1. The van der Waals surface area contributed by atoms with E-state index in [1.54, 1.807) is 6.19 Å². The molecule has 40 heteroatoms. The van der Waals surface area contributed by atoms with E-state index >= 15 is 0 Å². The predicted molar refractivity (Wildman–Crippen MR) is 421 cm³/mol. The van der Waals surface area contributed by atoms with Crippen molar-refractivity contribution in [2.24, 2.45) is 61.2 Å². The number of nitrogens with one attached hydrogen (secondary N) is 8. The monoisotopic (exact) mass is 1610 g/mol. The molecule has 0 radical (unpaired) electrons. The summed E-state index contributed by atoms with van der Waals surface area (Å²) in [6.45, 7) is 11.5. The van der Waals surface area contributed by atoms with Gasteiger partial charge in [-0.1, -0.05) is 104 Å². The van der Waals surface area contributed by atoms with Crippen LogP contribution in [0, 0.1) is 23.3 Å². The molecule has 2 unspecified atom stereocenters. The number of hydrogen-bond acceptors (Lipinski definition) is 25. The molecule has 0 saturated carbocycles. The van der Waals surface area contributed by atoms with Crippen LogP contribution in [0.3, 0.4) is 0 Å². The van der Waals surface area contributed by atoms with Crippen molar-refractivity contribution in [2.75, 3.05) is 58.9 Å². The number of carbonyl (C=O) groups excluding carboxylic acids is 7. The van der Waals surface area contributed by atoms with E-state index in [2.05, 4.69) is 78.3 Å². The van der Waals surface area contributed by atoms with Crippen LogP contribution in [0.5, 0.6) is 5.75 Å². The fourth-order valence-corrected chi connectivity index (χ4v) is 12.3. The summed E-state index contributed by atoms with van der Waals surface area (Å²) in [4.78, 5) is 132. The highest BCUT2D eigenvalue weighted by Gasteiger charge is 2.49. The lowest BCUT2D eigenvalue weighted by Gasteiger charge is -2.35. The van der Waals surface area contributed by atoms with E-state index in [1.165, 1.54) is 30.7 Å². The van der Waals surface area contributed by atoms with Crippen molar-refractivity contribution in [3.63, 3.8) is 0 Å². The number of rotatable bonds is 36. The van der Waals surface area contributed by atoms with Gasteiger partial charge in [0.1, 0.15) is 60.4 Å². The number of unbranched alkanes of at least 4 members (excludes halogenated alkanes) is 11. The smallest absolute Gasteiger partial charge is 0.300 e. The molecular weight excluding hydrogens is 1480 g/mol. The van der Waals surface area contributed by atoms with Gasteiger partial charge in [-0.3, -0.25) is 74.1 Å². The minimum atomic E-state index is -2.28. The van der Waals surface area contributed by atoms with Crippen LogP contribution in [-0.2, 0) is 43.2 Å². The third-order valence-corrected chi connectivity index (χ3v) is 18.4. The molecule has 0 aliphatic carbocycles. The summed E-state index contributed by atoms with van der Waals surface area (Å²) in [5.41, 5.74) is 33.9. The number of aromatic hydroxyl groups is 1. The number of phenols is 1. The number of hydrogen-bond donors (Lipinski definition) is 24. The van der Waals surface area contributed by atoms with E-state index in [9.17, 15) is 74.4 Å². The minimum absolute atomic E-state index is 0. The van der Waals surface area contributed by atoms with Crippen LogP contribution in [0.2, 0.25) is 0 Å². The summed E-state index contributed by atoms with van der Waals surface area (Å²) in [6.07, 6.45) is 2.91. The van der Waals surface area contributed by atoms with Gasteiger partial charge in [0.05, 0.1) is 30.5 Å². The zero-order chi connectivity index (χ0) is 83.7. The highest BCUT2D eigenvalue weighted by molar-refractivity contribution is 5.99. The quantitative estimate of drug-likeness (QED) is 0.0104. The van der Waals surface area contributed by atoms with Crippen LogP contribution in [0.25, 0.3) is 0 Å². The Labute approximate surface area is 662 Å².